The monoisotopic (exact) mass is 176 g/mol. The van der Waals surface area contributed by atoms with E-state index in [4.69, 9.17) is 0 Å². The molecule has 0 rings (SSSR count). The van der Waals surface area contributed by atoms with Crippen molar-refractivity contribution in [1.82, 2.24) is 0 Å². The highest BCUT2D eigenvalue weighted by molar-refractivity contribution is 7.37. The lowest BCUT2D eigenvalue weighted by Gasteiger charge is -2.04. The van der Waals surface area contributed by atoms with Crippen molar-refractivity contribution in [1.29, 1.82) is 0 Å². The van der Waals surface area contributed by atoms with Crippen LogP contribution < -0.4 is 4.89 Å². The molecule has 11 heavy (non-hydrogen) atoms. The zero-order valence-electron chi connectivity index (χ0n) is 7.38. The first kappa shape index (κ1) is 11.1. The van der Waals surface area contributed by atoms with Crippen LogP contribution in [0.4, 0.5) is 0 Å². The third-order valence-corrected chi connectivity index (χ3v) is 3.13. The van der Waals surface area contributed by atoms with Gasteiger partial charge in [-0.05, 0) is 19.3 Å². The molecule has 2 unspecified atom stereocenters. The Morgan fingerprint density at radius 3 is 2.36 bits per heavy atom. The molecule has 0 aliphatic heterocycles. The Bertz CT molecular complexity index is 115. The van der Waals surface area contributed by atoms with Crippen LogP contribution in [0.5, 0.6) is 0 Å². The van der Waals surface area contributed by atoms with E-state index in [0.717, 1.165) is 32.1 Å². The lowest BCUT2D eigenvalue weighted by molar-refractivity contribution is -0.166. The number of rotatable bonds is 6. The minimum absolute atomic E-state index is 0.0726. The van der Waals surface area contributed by atoms with E-state index in [1.54, 1.807) is 0 Å². The molecule has 2 nitrogen and oxygen atoms in total. The van der Waals surface area contributed by atoms with Gasteiger partial charge in [0.25, 0.3) is 0 Å². The van der Waals surface area contributed by atoms with Crippen molar-refractivity contribution in [2.24, 2.45) is 0 Å². The molecule has 0 radical (unpaired) electrons. The molecule has 2 atom stereocenters. The normalized spacial score (nSPS) is 14.6. The fourth-order valence-electron chi connectivity index (χ4n) is 1.09. The predicted octanol–water partition coefficient (Wildman–Crippen LogP) is 2.45. The van der Waals surface area contributed by atoms with Gasteiger partial charge >= 0.3 is 8.03 Å². The maximum absolute atomic E-state index is 10.6. The molecule has 0 amide bonds. The van der Waals surface area contributed by atoms with Gasteiger partial charge in [-0.3, -0.25) is 0 Å². The van der Waals surface area contributed by atoms with E-state index in [-0.39, 0.29) is 5.66 Å². The average Bonchev–Trinajstić information content (AvgIpc) is 1.97. The van der Waals surface area contributed by atoms with E-state index >= 15 is 0 Å². The second kappa shape index (κ2) is 6.75. The fourth-order valence-corrected chi connectivity index (χ4v) is 1.78. The van der Waals surface area contributed by atoms with Crippen molar-refractivity contribution >= 4 is 8.03 Å². The quantitative estimate of drug-likeness (QED) is 0.460. The lowest BCUT2D eigenvalue weighted by Crippen LogP contribution is -2.06. The van der Waals surface area contributed by atoms with Gasteiger partial charge in [0.1, 0.15) is 0 Å². The molecule has 0 saturated carbocycles. The van der Waals surface area contributed by atoms with Crippen LogP contribution in [0.15, 0.2) is 0 Å². The second-order valence-electron chi connectivity index (χ2n) is 2.84. The van der Waals surface area contributed by atoms with Crippen LogP contribution >= 0.6 is 8.03 Å². The summed E-state index contributed by atoms with van der Waals surface area (Å²) < 4.78 is 10.6. The number of unbranched alkanes of at least 4 members (excludes halogenated alkanes) is 2. The summed E-state index contributed by atoms with van der Waals surface area (Å²) in [6, 6.07) is 0. The van der Waals surface area contributed by atoms with Crippen LogP contribution in [-0.2, 0) is 4.57 Å². The second-order valence-corrected chi connectivity index (χ2v) is 4.14. The molecular formula is C8H17O2P. The van der Waals surface area contributed by atoms with Gasteiger partial charge in [0.15, 0.2) is 5.66 Å². The third-order valence-electron chi connectivity index (χ3n) is 1.91. The van der Waals surface area contributed by atoms with Crippen LogP contribution in [0, 0.1) is 0 Å². The summed E-state index contributed by atoms with van der Waals surface area (Å²) in [6.07, 6.45) is 4.98. The summed E-state index contributed by atoms with van der Waals surface area (Å²) in [6.45, 7) is 4.06. The SMILES string of the molecule is CCCCCC(CC)[P+](=O)[O-]. The molecule has 0 spiro atoms. The Morgan fingerprint density at radius 1 is 1.36 bits per heavy atom. The zero-order valence-corrected chi connectivity index (χ0v) is 8.27. The van der Waals surface area contributed by atoms with Gasteiger partial charge < -0.3 is 4.89 Å². The van der Waals surface area contributed by atoms with Crippen LogP contribution in [0.25, 0.3) is 0 Å². The molecule has 0 bridgehead atoms. The Hall–Kier alpha value is 0.0600. The van der Waals surface area contributed by atoms with E-state index in [1.165, 1.54) is 0 Å². The van der Waals surface area contributed by atoms with E-state index < -0.39 is 8.03 Å². The van der Waals surface area contributed by atoms with E-state index in [1.807, 2.05) is 6.92 Å². The maximum atomic E-state index is 10.6. The molecular weight excluding hydrogens is 159 g/mol. The largest absolute Gasteiger partial charge is 0.595 e. The standard InChI is InChI=1S/C8H17O2P/c1-3-5-6-7-8(4-2)11(9)10/h8H,3-7H2,1-2H3. The summed E-state index contributed by atoms with van der Waals surface area (Å²) in [4.78, 5) is 10.6. The van der Waals surface area contributed by atoms with Crippen molar-refractivity contribution in [3.8, 4) is 0 Å². The summed E-state index contributed by atoms with van der Waals surface area (Å²) >= 11 is 0. The number of hydrogen-bond donors (Lipinski definition) is 0. The molecule has 0 N–H and O–H groups in total. The van der Waals surface area contributed by atoms with Gasteiger partial charge in [0.05, 0.1) is 0 Å². The Kier molecular flexibility index (Phi) is 6.79. The molecule has 0 aromatic rings. The summed E-state index contributed by atoms with van der Waals surface area (Å²) in [5, 5.41) is 0. The third kappa shape index (κ3) is 5.34. The highest BCUT2D eigenvalue weighted by Crippen LogP contribution is 2.25. The maximum Gasteiger partial charge on any atom is 0.311 e. The van der Waals surface area contributed by atoms with Crippen molar-refractivity contribution in [2.75, 3.05) is 0 Å². The predicted molar refractivity (Wildman–Crippen MR) is 45.8 cm³/mol. The Morgan fingerprint density at radius 2 is 2.00 bits per heavy atom. The summed E-state index contributed by atoms with van der Waals surface area (Å²) in [5.41, 5.74) is -0.0726. The van der Waals surface area contributed by atoms with Gasteiger partial charge in [-0.15, -0.1) is 0 Å². The van der Waals surface area contributed by atoms with Gasteiger partial charge in [0, 0.05) is 0 Å². The first-order valence-electron chi connectivity index (χ1n) is 4.35. The van der Waals surface area contributed by atoms with E-state index in [9.17, 15) is 9.46 Å². The first-order chi connectivity index (χ1) is 5.22. The van der Waals surface area contributed by atoms with Crippen LogP contribution in [-0.4, -0.2) is 5.66 Å². The highest BCUT2D eigenvalue weighted by atomic mass is 31.1. The van der Waals surface area contributed by atoms with Gasteiger partial charge in [-0.1, -0.05) is 31.3 Å². The van der Waals surface area contributed by atoms with E-state index in [2.05, 4.69) is 6.92 Å². The van der Waals surface area contributed by atoms with Gasteiger partial charge in [0.2, 0.25) is 0 Å². The highest BCUT2D eigenvalue weighted by Gasteiger charge is 2.17. The first-order valence-corrected chi connectivity index (χ1v) is 5.60. The van der Waals surface area contributed by atoms with E-state index in [0.29, 0.717) is 0 Å². The van der Waals surface area contributed by atoms with Crippen molar-refractivity contribution in [3.63, 3.8) is 0 Å². The average molecular weight is 176 g/mol. The van der Waals surface area contributed by atoms with Gasteiger partial charge in [-0.2, -0.15) is 0 Å². The molecule has 0 aliphatic carbocycles. The molecule has 0 heterocycles. The minimum atomic E-state index is -2.18. The Labute approximate surface area is 69.9 Å². The van der Waals surface area contributed by atoms with Crippen LogP contribution in [0.1, 0.15) is 46.0 Å². The number of hydrogen-bond acceptors (Lipinski definition) is 2. The Balaban J connectivity index is 3.44. The summed E-state index contributed by atoms with van der Waals surface area (Å²) in [5.74, 6) is 0. The molecule has 0 aromatic carbocycles. The molecule has 0 saturated heterocycles. The smallest absolute Gasteiger partial charge is 0.311 e. The molecule has 66 valence electrons. The van der Waals surface area contributed by atoms with Crippen molar-refractivity contribution in [2.45, 2.75) is 51.6 Å². The molecule has 0 aliphatic rings. The zero-order chi connectivity index (χ0) is 8.69. The van der Waals surface area contributed by atoms with Crippen LogP contribution in [0.2, 0.25) is 0 Å². The topological polar surface area (TPSA) is 40.1 Å². The van der Waals surface area contributed by atoms with Crippen LogP contribution in [0.3, 0.4) is 0 Å². The molecule has 0 aromatic heterocycles. The van der Waals surface area contributed by atoms with Crippen molar-refractivity contribution < 1.29 is 9.46 Å². The van der Waals surface area contributed by atoms with Gasteiger partial charge in [-0.25, -0.2) is 0 Å². The van der Waals surface area contributed by atoms with Crippen molar-refractivity contribution in [3.05, 3.63) is 0 Å². The fraction of sp³-hybridized carbons (Fsp3) is 1.00. The molecule has 3 heteroatoms. The summed E-state index contributed by atoms with van der Waals surface area (Å²) in [7, 11) is -2.18. The minimum Gasteiger partial charge on any atom is -0.595 e. The molecule has 0 fully saturated rings. The lowest BCUT2D eigenvalue weighted by atomic mass is 10.1.